The number of rotatable bonds is 3. The second-order valence-electron chi connectivity index (χ2n) is 6.13. The first-order chi connectivity index (χ1) is 9.72. The van der Waals surface area contributed by atoms with Crippen molar-refractivity contribution in [1.82, 2.24) is 4.90 Å². The fourth-order valence-corrected chi connectivity index (χ4v) is 2.85. The third-order valence-corrected chi connectivity index (χ3v) is 3.93. The van der Waals surface area contributed by atoms with E-state index in [4.69, 9.17) is 0 Å². The van der Waals surface area contributed by atoms with Crippen molar-refractivity contribution < 1.29 is 22.7 Å². The Labute approximate surface area is 121 Å². The highest BCUT2D eigenvalue weighted by Gasteiger charge is 2.33. The van der Waals surface area contributed by atoms with E-state index in [0.717, 1.165) is 31.5 Å². The van der Waals surface area contributed by atoms with Crippen molar-refractivity contribution in [3.05, 3.63) is 35.1 Å². The molecule has 1 saturated heterocycles. The first kappa shape index (κ1) is 16.2. The van der Waals surface area contributed by atoms with Crippen LogP contribution in [0.1, 0.15) is 30.9 Å². The number of hydrogen-bond acceptors (Lipinski definition) is 2. The van der Waals surface area contributed by atoms with Gasteiger partial charge in [-0.3, -0.25) is 4.90 Å². The minimum atomic E-state index is -4.54. The molecule has 21 heavy (non-hydrogen) atoms. The maximum Gasteiger partial charge on any atom is 0.416 e. The number of hydrogen-bond donors (Lipinski definition) is 1. The first-order valence-corrected chi connectivity index (χ1v) is 6.92. The number of benzene rings is 1. The summed E-state index contributed by atoms with van der Waals surface area (Å²) in [5, 5.41) is 9.39. The standard InChI is InChI=1S/C15H19F4NO/c1-14(10-21)3-2-4-20(9-14)8-11-5-12(15(17,18)19)7-13(16)6-11/h5-7,21H,2-4,8-10H2,1H3. The highest BCUT2D eigenvalue weighted by molar-refractivity contribution is 5.26. The maximum atomic E-state index is 13.4. The van der Waals surface area contributed by atoms with Gasteiger partial charge in [-0.1, -0.05) is 6.92 Å². The van der Waals surface area contributed by atoms with Gasteiger partial charge in [-0.25, -0.2) is 4.39 Å². The van der Waals surface area contributed by atoms with E-state index in [-0.39, 0.29) is 18.6 Å². The highest BCUT2D eigenvalue weighted by atomic mass is 19.4. The molecule has 0 spiro atoms. The van der Waals surface area contributed by atoms with E-state index < -0.39 is 17.6 Å². The molecule has 0 radical (unpaired) electrons. The van der Waals surface area contributed by atoms with E-state index in [2.05, 4.69) is 0 Å². The number of alkyl halides is 3. The van der Waals surface area contributed by atoms with Gasteiger partial charge in [-0.2, -0.15) is 13.2 Å². The van der Waals surface area contributed by atoms with Crippen LogP contribution in [0.4, 0.5) is 17.6 Å². The van der Waals surface area contributed by atoms with Crippen LogP contribution in [0, 0.1) is 11.2 Å². The van der Waals surface area contributed by atoms with Gasteiger partial charge in [0.25, 0.3) is 0 Å². The fourth-order valence-electron chi connectivity index (χ4n) is 2.85. The summed E-state index contributed by atoms with van der Waals surface area (Å²) in [6.45, 7) is 3.59. The largest absolute Gasteiger partial charge is 0.416 e. The number of piperidine rings is 1. The van der Waals surface area contributed by atoms with Crippen molar-refractivity contribution in [3.8, 4) is 0 Å². The molecule has 0 aromatic heterocycles. The van der Waals surface area contributed by atoms with E-state index in [1.165, 1.54) is 0 Å². The van der Waals surface area contributed by atoms with E-state index in [1.807, 2.05) is 11.8 Å². The zero-order valence-electron chi connectivity index (χ0n) is 11.9. The van der Waals surface area contributed by atoms with Gasteiger partial charge in [0, 0.05) is 25.1 Å². The van der Waals surface area contributed by atoms with Crippen molar-refractivity contribution in [2.24, 2.45) is 5.41 Å². The van der Waals surface area contributed by atoms with Crippen LogP contribution in [0.15, 0.2) is 18.2 Å². The summed E-state index contributed by atoms with van der Waals surface area (Å²) < 4.78 is 51.4. The molecule has 1 aromatic carbocycles. The van der Waals surface area contributed by atoms with Crippen LogP contribution in [-0.4, -0.2) is 29.7 Å². The Hall–Kier alpha value is -1.14. The van der Waals surface area contributed by atoms with Crippen LogP contribution in [0.2, 0.25) is 0 Å². The molecule has 0 aliphatic carbocycles. The van der Waals surface area contributed by atoms with Gasteiger partial charge < -0.3 is 5.11 Å². The lowest BCUT2D eigenvalue weighted by Crippen LogP contribution is -2.43. The maximum absolute atomic E-state index is 13.4. The summed E-state index contributed by atoms with van der Waals surface area (Å²) in [6.07, 6.45) is -2.78. The highest BCUT2D eigenvalue weighted by Crippen LogP contribution is 2.32. The molecule has 1 fully saturated rings. The van der Waals surface area contributed by atoms with Crippen LogP contribution in [0.25, 0.3) is 0 Å². The van der Waals surface area contributed by atoms with E-state index in [0.29, 0.717) is 18.2 Å². The minimum absolute atomic E-state index is 0.0421. The SMILES string of the molecule is CC1(CO)CCCN(Cc2cc(F)cc(C(F)(F)F)c2)C1. The van der Waals surface area contributed by atoms with Crippen molar-refractivity contribution in [3.63, 3.8) is 0 Å². The molecular formula is C15H19F4NO. The van der Waals surface area contributed by atoms with Gasteiger partial charge in [-0.05, 0) is 43.1 Å². The molecule has 1 N–H and O–H groups in total. The number of aliphatic hydroxyl groups excluding tert-OH is 1. The van der Waals surface area contributed by atoms with Gasteiger partial charge in [0.1, 0.15) is 5.82 Å². The van der Waals surface area contributed by atoms with Crippen molar-refractivity contribution in [2.45, 2.75) is 32.5 Å². The van der Waals surface area contributed by atoms with Crippen molar-refractivity contribution in [1.29, 1.82) is 0 Å². The molecule has 1 aliphatic heterocycles. The summed E-state index contributed by atoms with van der Waals surface area (Å²) in [7, 11) is 0. The Morgan fingerprint density at radius 2 is 2.00 bits per heavy atom. The van der Waals surface area contributed by atoms with Crippen LogP contribution >= 0.6 is 0 Å². The average Bonchev–Trinajstić information content (AvgIpc) is 2.37. The number of nitrogens with zero attached hydrogens (tertiary/aromatic N) is 1. The van der Waals surface area contributed by atoms with Gasteiger partial charge >= 0.3 is 6.18 Å². The molecule has 1 aromatic rings. The Bertz CT molecular complexity index is 503. The number of aliphatic hydroxyl groups is 1. The zero-order chi connectivity index (χ0) is 15.7. The van der Waals surface area contributed by atoms with Crippen LogP contribution in [-0.2, 0) is 12.7 Å². The third kappa shape index (κ3) is 4.17. The summed E-state index contributed by atoms with van der Waals surface area (Å²) in [5.74, 6) is -0.873. The third-order valence-electron chi connectivity index (χ3n) is 3.93. The molecule has 118 valence electrons. The predicted octanol–water partition coefficient (Wildman–Crippen LogP) is 3.44. The molecule has 0 amide bonds. The van der Waals surface area contributed by atoms with Gasteiger partial charge in [0.2, 0.25) is 0 Å². The quantitative estimate of drug-likeness (QED) is 0.865. The molecule has 1 aliphatic rings. The topological polar surface area (TPSA) is 23.5 Å². The lowest BCUT2D eigenvalue weighted by atomic mass is 9.82. The smallest absolute Gasteiger partial charge is 0.396 e. The second kappa shape index (κ2) is 5.93. The van der Waals surface area contributed by atoms with E-state index in [9.17, 15) is 22.7 Å². The minimum Gasteiger partial charge on any atom is -0.396 e. The molecule has 2 nitrogen and oxygen atoms in total. The molecule has 2 rings (SSSR count). The predicted molar refractivity (Wildman–Crippen MR) is 71.1 cm³/mol. The molecule has 1 atom stereocenters. The van der Waals surface area contributed by atoms with Crippen molar-refractivity contribution >= 4 is 0 Å². The summed E-state index contributed by atoms with van der Waals surface area (Å²) in [4.78, 5) is 1.97. The Kier molecular flexibility index (Phi) is 4.58. The Morgan fingerprint density at radius 1 is 1.29 bits per heavy atom. The fraction of sp³-hybridized carbons (Fsp3) is 0.600. The Balaban J connectivity index is 2.14. The van der Waals surface area contributed by atoms with Crippen molar-refractivity contribution in [2.75, 3.05) is 19.7 Å². The Morgan fingerprint density at radius 3 is 2.62 bits per heavy atom. The molecule has 1 heterocycles. The summed E-state index contributed by atoms with van der Waals surface area (Å²) in [6, 6.07) is 2.64. The van der Waals surface area contributed by atoms with Gasteiger partial charge in [-0.15, -0.1) is 0 Å². The summed E-state index contributed by atoms with van der Waals surface area (Å²) >= 11 is 0. The van der Waals surface area contributed by atoms with Gasteiger partial charge in [0.15, 0.2) is 0 Å². The normalized spacial score (nSPS) is 24.3. The zero-order valence-corrected chi connectivity index (χ0v) is 11.9. The van der Waals surface area contributed by atoms with Crippen LogP contribution < -0.4 is 0 Å². The average molecular weight is 305 g/mol. The molecule has 0 bridgehead atoms. The monoisotopic (exact) mass is 305 g/mol. The van der Waals surface area contributed by atoms with E-state index >= 15 is 0 Å². The number of likely N-dealkylation sites (tertiary alicyclic amines) is 1. The van der Waals surface area contributed by atoms with E-state index in [1.54, 1.807) is 0 Å². The molecular weight excluding hydrogens is 286 g/mol. The van der Waals surface area contributed by atoms with Crippen LogP contribution in [0.5, 0.6) is 0 Å². The van der Waals surface area contributed by atoms with Gasteiger partial charge in [0.05, 0.1) is 5.56 Å². The molecule has 1 unspecified atom stereocenters. The lowest BCUT2D eigenvalue weighted by Gasteiger charge is -2.39. The molecule has 0 saturated carbocycles. The molecule has 6 heteroatoms. The summed E-state index contributed by atoms with van der Waals surface area (Å²) in [5.41, 5.74) is -0.887. The second-order valence-corrected chi connectivity index (χ2v) is 6.13. The lowest BCUT2D eigenvalue weighted by molar-refractivity contribution is -0.137. The first-order valence-electron chi connectivity index (χ1n) is 6.92. The van der Waals surface area contributed by atoms with Crippen LogP contribution in [0.3, 0.4) is 0 Å². The number of halogens is 4.